The number of carbonyl (C=O) groups excluding carboxylic acids is 2. The van der Waals surface area contributed by atoms with E-state index in [1.54, 1.807) is 19.1 Å². The summed E-state index contributed by atoms with van der Waals surface area (Å²) in [5.41, 5.74) is -1.89. The molecule has 1 amide bonds. The molecule has 0 unspecified atom stereocenters. The van der Waals surface area contributed by atoms with E-state index in [2.05, 4.69) is 5.32 Å². The SMILES string of the molecule is Cc1ccc(S(=O)(=O)OCC[C@H]2C(=O)N[C@@]3([C@@H](O)[C@H]4C=CCCC4)C(=O)O[C@@]23C)cc1. The summed E-state index contributed by atoms with van der Waals surface area (Å²) in [6, 6.07) is 6.26. The Morgan fingerprint density at radius 3 is 2.61 bits per heavy atom. The molecule has 0 spiro atoms. The summed E-state index contributed by atoms with van der Waals surface area (Å²) in [7, 11) is -3.98. The number of allylic oxidation sites excluding steroid dienone is 1. The molecule has 0 aromatic heterocycles. The highest BCUT2D eigenvalue weighted by Gasteiger charge is 2.79. The van der Waals surface area contributed by atoms with E-state index in [0.717, 1.165) is 18.4 Å². The number of aliphatic hydroxyl groups is 1. The molecule has 2 saturated heterocycles. The number of esters is 1. The van der Waals surface area contributed by atoms with Gasteiger partial charge in [0.15, 0.2) is 5.60 Å². The molecule has 0 saturated carbocycles. The van der Waals surface area contributed by atoms with E-state index in [-0.39, 0.29) is 23.8 Å². The second-order valence-electron chi connectivity index (χ2n) is 8.69. The number of carbonyl (C=O) groups is 2. The molecule has 31 heavy (non-hydrogen) atoms. The van der Waals surface area contributed by atoms with Gasteiger partial charge in [-0.2, -0.15) is 8.42 Å². The zero-order chi connectivity index (χ0) is 22.4. The van der Waals surface area contributed by atoms with E-state index in [1.807, 2.05) is 19.1 Å². The average molecular weight is 450 g/mol. The van der Waals surface area contributed by atoms with Gasteiger partial charge < -0.3 is 15.2 Å². The summed E-state index contributed by atoms with van der Waals surface area (Å²) in [6.45, 7) is 3.21. The number of nitrogens with one attached hydrogen (secondary N) is 1. The summed E-state index contributed by atoms with van der Waals surface area (Å²) >= 11 is 0. The Hall–Kier alpha value is -2.23. The molecule has 1 aliphatic carbocycles. The van der Waals surface area contributed by atoms with Crippen molar-refractivity contribution in [3.8, 4) is 0 Å². The first kappa shape index (κ1) is 22.0. The van der Waals surface area contributed by atoms with Crippen molar-refractivity contribution in [2.45, 2.75) is 61.7 Å². The van der Waals surface area contributed by atoms with E-state index in [9.17, 15) is 23.1 Å². The van der Waals surface area contributed by atoms with Crippen LogP contribution in [0.2, 0.25) is 0 Å². The lowest BCUT2D eigenvalue weighted by Gasteiger charge is -2.54. The van der Waals surface area contributed by atoms with Crippen LogP contribution in [0.5, 0.6) is 0 Å². The van der Waals surface area contributed by atoms with Crippen molar-refractivity contribution in [3.63, 3.8) is 0 Å². The third-order valence-corrected chi connectivity index (χ3v) is 8.13. The second kappa shape index (κ2) is 7.72. The van der Waals surface area contributed by atoms with E-state index in [4.69, 9.17) is 8.92 Å². The second-order valence-corrected chi connectivity index (χ2v) is 10.3. The van der Waals surface area contributed by atoms with E-state index in [0.29, 0.717) is 6.42 Å². The molecule has 2 fully saturated rings. The lowest BCUT2D eigenvalue weighted by Crippen LogP contribution is -2.80. The Labute approximate surface area is 181 Å². The van der Waals surface area contributed by atoms with E-state index in [1.165, 1.54) is 12.1 Å². The minimum Gasteiger partial charge on any atom is -0.453 e. The number of hydrogen-bond acceptors (Lipinski definition) is 7. The number of fused-ring (bicyclic) bond motifs is 1. The molecule has 2 aliphatic heterocycles. The fourth-order valence-corrected chi connectivity index (χ4v) is 5.85. The molecule has 0 bridgehead atoms. The van der Waals surface area contributed by atoms with Crippen molar-refractivity contribution in [3.05, 3.63) is 42.0 Å². The van der Waals surface area contributed by atoms with Crippen LogP contribution in [0.1, 0.15) is 38.2 Å². The van der Waals surface area contributed by atoms with Crippen LogP contribution < -0.4 is 5.32 Å². The van der Waals surface area contributed by atoms with Crippen LogP contribution in [0, 0.1) is 18.8 Å². The smallest absolute Gasteiger partial charge is 0.339 e. The van der Waals surface area contributed by atoms with Gasteiger partial charge in [0.05, 0.1) is 23.5 Å². The maximum atomic E-state index is 12.8. The van der Waals surface area contributed by atoms with E-state index < -0.39 is 45.2 Å². The number of aliphatic hydroxyl groups excluding tert-OH is 1. The maximum Gasteiger partial charge on any atom is 0.339 e. The third-order valence-electron chi connectivity index (χ3n) is 6.81. The van der Waals surface area contributed by atoms with Gasteiger partial charge in [-0.25, -0.2) is 4.79 Å². The Morgan fingerprint density at radius 1 is 1.29 bits per heavy atom. The van der Waals surface area contributed by atoms with Gasteiger partial charge in [0, 0.05) is 5.92 Å². The van der Waals surface area contributed by atoms with Crippen molar-refractivity contribution < 1.29 is 32.0 Å². The van der Waals surface area contributed by atoms with Crippen molar-refractivity contribution in [2.24, 2.45) is 11.8 Å². The summed E-state index contributed by atoms with van der Waals surface area (Å²) in [5, 5.41) is 13.7. The summed E-state index contributed by atoms with van der Waals surface area (Å²) in [4.78, 5) is 25.3. The van der Waals surface area contributed by atoms with Gasteiger partial charge in [0.2, 0.25) is 11.4 Å². The average Bonchev–Trinajstić information content (AvgIpc) is 2.91. The minimum absolute atomic E-state index is 0.0235. The highest BCUT2D eigenvalue weighted by atomic mass is 32.2. The molecule has 1 aromatic rings. The zero-order valence-electron chi connectivity index (χ0n) is 17.5. The quantitative estimate of drug-likeness (QED) is 0.369. The molecule has 5 atom stereocenters. The predicted molar refractivity (Wildman–Crippen MR) is 110 cm³/mol. The minimum atomic E-state index is -3.98. The molecule has 168 valence electrons. The molecular weight excluding hydrogens is 422 g/mol. The van der Waals surface area contributed by atoms with Crippen LogP contribution >= 0.6 is 0 Å². The predicted octanol–water partition coefficient (Wildman–Crippen LogP) is 1.61. The maximum absolute atomic E-state index is 12.8. The first-order chi connectivity index (χ1) is 14.6. The highest BCUT2D eigenvalue weighted by molar-refractivity contribution is 7.86. The molecule has 2 heterocycles. The number of aryl methyl sites for hydroxylation is 1. The molecule has 2 N–H and O–H groups in total. The normalized spacial score (nSPS) is 33.3. The van der Waals surface area contributed by atoms with Crippen LogP contribution in [0.25, 0.3) is 0 Å². The molecule has 0 radical (unpaired) electrons. The molecule has 1 aromatic carbocycles. The lowest BCUT2D eigenvalue weighted by atomic mass is 9.64. The monoisotopic (exact) mass is 449 g/mol. The highest BCUT2D eigenvalue weighted by Crippen LogP contribution is 2.53. The summed E-state index contributed by atoms with van der Waals surface area (Å²) in [6.07, 6.45) is 5.26. The first-order valence-electron chi connectivity index (χ1n) is 10.5. The third kappa shape index (κ3) is 3.39. The number of benzene rings is 1. The first-order valence-corrected chi connectivity index (χ1v) is 11.9. The van der Waals surface area contributed by atoms with Crippen LogP contribution in [0.15, 0.2) is 41.3 Å². The van der Waals surface area contributed by atoms with Gasteiger partial charge in [0.25, 0.3) is 10.1 Å². The van der Waals surface area contributed by atoms with Crippen molar-refractivity contribution in [1.29, 1.82) is 0 Å². The Morgan fingerprint density at radius 2 is 2.00 bits per heavy atom. The van der Waals surface area contributed by atoms with Crippen LogP contribution in [0.4, 0.5) is 0 Å². The Kier molecular flexibility index (Phi) is 5.47. The number of rotatable bonds is 7. The van der Waals surface area contributed by atoms with Crippen molar-refractivity contribution in [2.75, 3.05) is 6.61 Å². The molecule has 4 rings (SSSR count). The van der Waals surface area contributed by atoms with Gasteiger partial charge in [-0.3, -0.25) is 8.98 Å². The Balaban J connectivity index is 1.48. The number of ether oxygens (including phenoxy) is 1. The van der Waals surface area contributed by atoms with Crippen LogP contribution in [-0.2, 0) is 28.6 Å². The largest absolute Gasteiger partial charge is 0.453 e. The van der Waals surface area contributed by atoms with Gasteiger partial charge >= 0.3 is 5.97 Å². The van der Waals surface area contributed by atoms with Crippen molar-refractivity contribution in [1.82, 2.24) is 5.32 Å². The molecule has 3 aliphatic rings. The topological polar surface area (TPSA) is 119 Å². The fraction of sp³-hybridized carbons (Fsp3) is 0.545. The number of amides is 1. The van der Waals surface area contributed by atoms with Gasteiger partial charge in [-0.15, -0.1) is 0 Å². The lowest BCUT2D eigenvalue weighted by molar-refractivity contribution is -0.238. The molecule has 8 nitrogen and oxygen atoms in total. The summed E-state index contributed by atoms with van der Waals surface area (Å²) in [5.74, 6) is -2.21. The van der Waals surface area contributed by atoms with Gasteiger partial charge in [-0.1, -0.05) is 29.8 Å². The molecule has 9 heteroatoms. The Bertz CT molecular complexity index is 1020. The fourth-order valence-electron chi connectivity index (χ4n) is 4.93. The standard InChI is InChI=1S/C22H27NO7S/c1-14-8-10-16(11-9-14)31(27,28)29-13-12-17-19(25)23-22(20(26)30-21(17,22)2)18(24)15-6-4-3-5-7-15/h4,6,8-11,15,17-18,24H,3,5,7,12-13H2,1-2H3,(H,23,25)/t15-,17-,18-,21-,22-/m0/s1. The zero-order valence-corrected chi connectivity index (χ0v) is 18.4. The number of hydrogen-bond donors (Lipinski definition) is 2. The molecular formula is C22H27NO7S. The van der Waals surface area contributed by atoms with Crippen molar-refractivity contribution >= 4 is 22.0 Å². The van der Waals surface area contributed by atoms with Gasteiger partial charge in [-0.05, 0) is 51.7 Å². The van der Waals surface area contributed by atoms with Gasteiger partial charge in [0.1, 0.15) is 0 Å². The van der Waals surface area contributed by atoms with Crippen LogP contribution in [0.3, 0.4) is 0 Å². The van der Waals surface area contributed by atoms with Crippen LogP contribution in [-0.4, -0.2) is 49.3 Å². The van der Waals surface area contributed by atoms with E-state index >= 15 is 0 Å². The summed E-state index contributed by atoms with van der Waals surface area (Å²) < 4.78 is 35.4.